The summed E-state index contributed by atoms with van der Waals surface area (Å²) in [5.41, 5.74) is 5.49. The Bertz CT molecular complexity index is 730. The van der Waals surface area contributed by atoms with Crippen LogP contribution in [0.1, 0.15) is 41.6 Å². The molecule has 0 saturated heterocycles. The fourth-order valence-electron chi connectivity index (χ4n) is 2.44. The summed E-state index contributed by atoms with van der Waals surface area (Å²) in [6.07, 6.45) is 3.99. The van der Waals surface area contributed by atoms with Gasteiger partial charge in [-0.15, -0.1) is 0 Å². The average molecular weight is 345 g/mol. The first kappa shape index (κ1) is 18.6. The first-order valence-electron chi connectivity index (χ1n) is 8.25. The molecule has 0 heterocycles. The number of carbonyl (C=O) groups is 1. The molecule has 2 aromatic rings. The highest BCUT2D eigenvalue weighted by molar-refractivity contribution is 6.12. The molecular weight excluding hydrogens is 322 g/mol. The molecule has 2 rings (SSSR count). The van der Waals surface area contributed by atoms with Gasteiger partial charge in [0.2, 0.25) is 0 Å². The topological polar surface area (TPSA) is 113 Å². The Hall–Kier alpha value is -2.73. The van der Waals surface area contributed by atoms with Crippen LogP contribution < -0.4 is 10.5 Å². The van der Waals surface area contributed by atoms with Crippen molar-refractivity contribution in [2.75, 3.05) is 13.2 Å². The standard InChI is InChI=1S/C19H23NO5/c20-9-3-1-2-4-10-25-14-6-8-16(18(23)12-14)19(24)15-7-5-13(21)11-17(15)22/h5-8,11-12,21-23H,1-4,9-10,20H2. The zero-order valence-corrected chi connectivity index (χ0v) is 13.9. The molecule has 0 bridgehead atoms. The van der Waals surface area contributed by atoms with Gasteiger partial charge in [-0.25, -0.2) is 0 Å². The SMILES string of the molecule is NCCCCCCOc1ccc(C(=O)c2ccc(O)cc2O)c(O)c1. The molecule has 0 aliphatic heterocycles. The molecule has 0 aliphatic rings. The second kappa shape index (κ2) is 8.94. The van der Waals surface area contributed by atoms with Gasteiger partial charge in [0.1, 0.15) is 23.0 Å². The van der Waals surface area contributed by atoms with E-state index in [0.717, 1.165) is 31.7 Å². The third kappa shape index (κ3) is 5.12. The summed E-state index contributed by atoms with van der Waals surface area (Å²) in [6.45, 7) is 1.22. The molecule has 5 N–H and O–H groups in total. The number of benzene rings is 2. The van der Waals surface area contributed by atoms with Gasteiger partial charge >= 0.3 is 0 Å². The molecule has 0 atom stereocenters. The molecule has 0 aliphatic carbocycles. The number of carbonyl (C=O) groups excluding carboxylic acids is 1. The van der Waals surface area contributed by atoms with Gasteiger partial charge in [0.15, 0.2) is 5.78 Å². The van der Waals surface area contributed by atoms with E-state index in [1.54, 1.807) is 6.07 Å². The van der Waals surface area contributed by atoms with E-state index in [0.29, 0.717) is 18.9 Å². The lowest BCUT2D eigenvalue weighted by Gasteiger charge is -2.10. The monoisotopic (exact) mass is 345 g/mol. The third-order valence-corrected chi connectivity index (χ3v) is 3.81. The summed E-state index contributed by atoms with van der Waals surface area (Å²) < 4.78 is 5.56. The number of unbranched alkanes of at least 4 members (excludes halogenated alkanes) is 3. The number of ketones is 1. The number of ether oxygens (including phenoxy) is 1. The predicted molar refractivity (Wildman–Crippen MR) is 94.3 cm³/mol. The van der Waals surface area contributed by atoms with Gasteiger partial charge in [-0.3, -0.25) is 4.79 Å². The van der Waals surface area contributed by atoms with Gasteiger partial charge in [0, 0.05) is 12.1 Å². The smallest absolute Gasteiger partial charge is 0.200 e. The van der Waals surface area contributed by atoms with Crippen molar-refractivity contribution in [2.45, 2.75) is 25.7 Å². The molecule has 0 saturated carbocycles. The number of rotatable bonds is 9. The minimum absolute atomic E-state index is 0.00155. The second-order valence-electron chi connectivity index (χ2n) is 5.76. The molecule has 6 nitrogen and oxygen atoms in total. The summed E-state index contributed by atoms with van der Waals surface area (Å²) in [4.78, 5) is 12.4. The minimum atomic E-state index is -0.539. The number of aromatic hydroxyl groups is 3. The highest BCUT2D eigenvalue weighted by Crippen LogP contribution is 2.30. The van der Waals surface area contributed by atoms with Crippen LogP contribution in [0.5, 0.6) is 23.0 Å². The molecule has 6 heteroatoms. The van der Waals surface area contributed by atoms with Crippen LogP contribution in [0.4, 0.5) is 0 Å². The lowest BCUT2D eigenvalue weighted by Crippen LogP contribution is -2.03. The fraction of sp³-hybridized carbons (Fsp3) is 0.316. The first-order chi connectivity index (χ1) is 12.0. The molecule has 0 unspecified atom stereocenters. The fourth-order valence-corrected chi connectivity index (χ4v) is 2.44. The maximum Gasteiger partial charge on any atom is 0.200 e. The van der Waals surface area contributed by atoms with Crippen LogP contribution in [0.3, 0.4) is 0 Å². The number of phenols is 3. The van der Waals surface area contributed by atoms with Gasteiger partial charge in [-0.2, -0.15) is 0 Å². The Morgan fingerprint density at radius 2 is 1.52 bits per heavy atom. The quantitative estimate of drug-likeness (QED) is 0.410. The zero-order valence-electron chi connectivity index (χ0n) is 13.9. The summed E-state index contributed by atoms with van der Waals surface area (Å²) in [5, 5.41) is 29.2. The van der Waals surface area contributed by atoms with Crippen molar-refractivity contribution in [2.24, 2.45) is 5.73 Å². The van der Waals surface area contributed by atoms with Crippen molar-refractivity contribution in [3.63, 3.8) is 0 Å². The van der Waals surface area contributed by atoms with Crippen molar-refractivity contribution in [1.82, 2.24) is 0 Å². The van der Waals surface area contributed by atoms with Crippen molar-refractivity contribution < 1.29 is 24.9 Å². The molecule has 0 spiro atoms. The van der Waals surface area contributed by atoms with E-state index in [2.05, 4.69) is 0 Å². The Labute approximate surface area is 146 Å². The van der Waals surface area contributed by atoms with Crippen molar-refractivity contribution in [3.05, 3.63) is 47.5 Å². The molecule has 0 fully saturated rings. The Morgan fingerprint density at radius 3 is 2.16 bits per heavy atom. The van der Waals surface area contributed by atoms with Gasteiger partial charge in [-0.05, 0) is 43.7 Å². The lowest BCUT2D eigenvalue weighted by atomic mass is 10.0. The summed E-state index contributed by atoms with van der Waals surface area (Å²) >= 11 is 0. The molecule has 0 aromatic heterocycles. The Morgan fingerprint density at radius 1 is 0.880 bits per heavy atom. The van der Waals surface area contributed by atoms with E-state index < -0.39 is 5.78 Å². The maximum absolute atomic E-state index is 12.4. The van der Waals surface area contributed by atoms with Gasteiger partial charge < -0.3 is 25.8 Å². The summed E-state index contributed by atoms with van der Waals surface area (Å²) in [7, 11) is 0. The highest BCUT2D eigenvalue weighted by Gasteiger charge is 2.18. The molecule has 25 heavy (non-hydrogen) atoms. The van der Waals surface area contributed by atoms with E-state index in [9.17, 15) is 20.1 Å². The van der Waals surface area contributed by atoms with Crippen LogP contribution >= 0.6 is 0 Å². The van der Waals surface area contributed by atoms with Crippen molar-refractivity contribution >= 4 is 5.78 Å². The van der Waals surface area contributed by atoms with E-state index in [1.807, 2.05) is 0 Å². The minimum Gasteiger partial charge on any atom is -0.508 e. The highest BCUT2D eigenvalue weighted by atomic mass is 16.5. The van der Waals surface area contributed by atoms with E-state index in [1.165, 1.54) is 24.3 Å². The van der Waals surface area contributed by atoms with Crippen LogP contribution in [-0.2, 0) is 0 Å². The van der Waals surface area contributed by atoms with Crippen molar-refractivity contribution in [3.8, 4) is 23.0 Å². The zero-order chi connectivity index (χ0) is 18.2. The Kier molecular flexibility index (Phi) is 6.65. The van der Waals surface area contributed by atoms with E-state index >= 15 is 0 Å². The molecule has 2 aromatic carbocycles. The van der Waals surface area contributed by atoms with Crippen molar-refractivity contribution in [1.29, 1.82) is 0 Å². The van der Waals surface area contributed by atoms with Crippen LogP contribution in [-0.4, -0.2) is 34.3 Å². The Balaban J connectivity index is 2.00. The summed E-state index contributed by atoms with van der Waals surface area (Å²) in [6, 6.07) is 8.11. The van der Waals surface area contributed by atoms with Gasteiger partial charge in [0.05, 0.1) is 17.7 Å². The first-order valence-corrected chi connectivity index (χ1v) is 8.25. The number of phenolic OH excluding ortho intramolecular Hbond substituents is 3. The van der Waals surface area contributed by atoms with Crippen LogP contribution in [0, 0.1) is 0 Å². The number of nitrogens with two attached hydrogens (primary N) is 1. The largest absolute Gasteiger partial charge is 0.508 e. The van der Waals surface area contributed by atoms with Crippen LogP contribution in [0.25, 0.3) is 0 Å². The molecular formula is C19H23NO5. The average Bonchev–Trinajstić information content (AvgIpc) is 2.57. The van der Waals surface area contributed by atoms with Gasteiger partial charge in [0.25, 0.3) is 0 Å². The molecule has 0 radical (unpaired) electrons. The van der Waals surface area contributed by atoms with Crippen LogP contribution in [0.15, 0.2) is 36.4 Å². The second-order valence-corrected chi connectivity index (χ2v) is 5.76. The molecule has 134 valence electrons. The number of hydrogen-bond acceptors (Lipinski definition) is 6. The third-order valence-electron chi connectivity index (χ3n) is 3.81. The predicted octanol–water partition coefficient (Wildman–Crippen LogP) is 2.93. The van der Waals surface area contributed by atoms with E-state index in [4.69, 9.17) is 10.5 Å². The van der Waals surface area contributed by atoms with Crippen LogP contribution in [0.2, 0.25) is 0 Å². The number of hydrogen-bond donors (Lipinski definition) is 4. The maximum atomic E-state index is 12.4. The van der Waals surface area contributed by atoms with Gasteiger partial charge in [-0.1, -0.05) is 12.8 Å². The molecule has 0 amide bonds. The summed E-state index contributed by atoms with van der Waals surface area (Å²) in [5.74, 6) is -0.778. The normalized spacial score (nSPS) is 10.6. The van der Waals surface area contributed by atoms with E-state index in [-0.39, 0.29) is 28.4 Å². The lowest BCUT2D eigenvalue weighted by molar-refractivity contribution is 0.103.